The van der Waals surface area contributed by atoms with E-state index >= 15 is 0 Å². The van der Waals surface area contributed by atoms with E-state index in [2.05, 4.69) is 10.6 Å². The van der Waals surface area contributed by atoms with Crippen LogP contribution in [0.15, 0.2) is 47.1 Å². The third kappa shape index (κ3) is 5.00. The molecule has 7 nitrogen and oxygen atoms in total. The molecule has 1 aliphatic rings. The summed E-state index contributed by atoms with van der Waals surface area (Å²) in [6.07, 6.45) is 2.85. The average Bonchev–Trinajstić information content (AvgIpc) is 3.12. The molecule has 26 heavy (non-hydrogen) atoms. The number of para-hydroxylation sites is 1. The van der Waals surface area contributed by atoms with Crippen molar-refractivity contribution in [2.45, 2.75) is 25.4 Å². The van der Waals surface area contributed by atoms with Crippen molar-refractivity contribution in [3.8, 4) is 0 Å². The van der Waals surface area contributed by atoms with Crippen molar-refractivity contribution in [2.24, 2.45) is 5.73 Å². The van der Waals surface area contributed by atoms with Crippen LogP contribution in [0.1, 0.15) is 29.0 Å². The smallest absolute Gasteiger partial charge is 0.321 e. The molecule has 1 fully saturated rings. The number of rotatable bonds is 4. The monoisotopic (exact) mass is 378 g/mol. The maximum absolute atomic E-state index is 12.3. The van der Waals surface area contributed by atoms with Crippen LogP contribution in [0.4, 0.5) is 10.5 Å². The Kier molecular flexibility index (Phi) is 7.06. The molecular weight excluding hydrogens is 356 g/mol. The van der Waals surface area contributed by atoms with Crippen LogP contribution in [0, 0.1) is 0 Å². The predicted molar refractivity (Wildman–Crippen MR) is 101 cm³/mol. The van der Waals surface area contributed by atoms with Crippen molar-refractivity contribution in [1.82, 2.24) is 10.2 Å². The topological polar surface area (TPSA) is 101 Å². The van der Waals surface area contributed by atoms with Crippen molar-refractivity contribution in [3.05, 3.63) is 54.0 Å². The van der Waals surface area contributed by atoms with Gasteiger partial charge in [0.05, 0.1) is 12.1 Å². The zero-order valence-corrected chi connectivity index (χ0v) is 15.1. The highest BCUT2D eigenvalue weighted by Crippen LogP contribution is 2.14. The quantitative estimate of drug-likeness (QED) is 0.761. The minimum absolute atomic E-state index is 0. The number of nitrogens with zero attached hydrogens (tertiary/aromatic N) is 1. The standard InChI is InChI=1S/C18H22N4O3.ClH/c19-11-16-10-13(12-25-16)17(23)20-15-6-8-22(9-7-15)18(24)21-14-4-2-1-3-5-14;/h1-5,10,12,15H,6-9,11,19H2,(H,20,23)(H,21,24);1H. The van der Waals surface area contributed by atoms with Gasteiger partial charge in [-0.1, -0.05) is 18.2 Å². The molecule has 1 aromatic heterocycles. The summed E-state index contributed by atoms with van der Waals surface area (Å²) >= 11 is 0. The van der Waals surface area contributed by atoms with Crippen molar-refractivity contribution in [2.75, 3.05) is 18.4 Å². The minimum Gasteiger partial charge on any atom is -0.467 e. The highest BCUT2D eigenvalue weighted by atomic mass is 35.5. The second kappa shape index (κ2) is 9.26. The average molecular weight is 379 g/mol. The molecule has 0 spiro atoms. The number of piperidine rings is 1. The molecule has 1 saturated heterocycles. The zero-order valence-electron chi connectivity index (χ0n) is 14.3. The van der Waals surface area contributed by atoms with E-state index in [9.17, 15) is 9.59 Å². The lowest BCUT2D eigenvalue weighted by molar-refractivity contribution is 0.0918. The summed E-state index contributed by atoms with van der Waals surface area (Å²) in [4.78, 5) is 26.2. The Balaban J connectivity index is 0.00000243. The number of halogens is 1. The lowest BCUT2D eigenvalue weighted by Crippen LogP contribution is -2.47. The van der Waals surface area contributed by atoms with Crippen molar-refractivity contribution in [1.29, 1.82) is 0 Å². The van der Waals surface area contributed by atoms with Gasteiger partial charge in [0.2, 0.25) is 0 Å². The van der Waals surface area contributed by atoms with Crippen molar-refractivity contribution >= 4 is 30.0 Å². The molecule has 1 aliphatic heterocycles. The number of carbonyl (C=O) groups excluding carboxylic acids is 2. The fourth-order valence-electron chi connectivity index (χ4n) is 2.83. The number of hydrogen-bond donors (Lipinski definition) is 3. The number of benzene rings is 1. The van der Waals surface area contributed by atoms with Crippen LogP contribution in [-0.4, -0.2) is 36.0 Å². The molecule has 0 atom stereocenters. The number of furan rings is 1. The summed E-state index contributed by atoms with van der Waals surface area (Å²) in [6, 6.07) is 10.9. The molecule has 4 N–H and O–H groups in total. The number of urea groups is 1. The number of carbonyl (C=O) groups is 2. The summed E-state index contributed by atoms with van der Waals surface area (Å²) in [7, 11) is 0. The summed E-state index contributed by atoms with van der Waals surface area (Å²) < 4.78 is 5.18. The van der Waals surface area contributed by atoms with Gasteiger partial charge in [0.15, 0.2) is 0 Å². The summed E-state index contributed by atoms with van der Waals surface area (Å²) in [5.41, 5.74) is 6.73. The Labute approximate surface area is 158 Å². The first-order valence-corrected chi connectivity index (χ1v) is 8.35. The molecule has 140 valence electrons. The highest BCUT2D eigenvalue weighted by Gasteiger charge is 2.24. The third-order valence-corrected chi connectivity index (χ3v) is 4.26. The van der Waals surface area contributed by atoms with E-state index in [1.54, 1.807) is 11.0 Å². The summed E-state index contributed by atoms with van der Waals surface area (Å²) in [5.74, 6) is 0.410. The first-order chi connectivity index (χ1) is 12.2. The molecule has 8 heteroatoms. The summed E-state index contributed by atoms with van der Waals surface area (Å²) in [6.45, 7) is 1.47. The fraction of sp³-hybridized carbons (Fsp3) is 0.333. The van der Waals surface area contributed by atoms with Crippen LogP contribution in [0.2, 0.25) is 0 Å². The SMILES string of the molecule is Cl.NCc1cc(C(=O)NC2CCN(C(=O)Nc3ccccc3)CC2)co1. The van der Waals surface area contributed by atoms with Gasteiger partial charge in [-0.3, -0.25) is 4.79 Å². The van der Waals surface area contributed by atoms with Gasteiger partial charge >= 0.3 is 6.03 Å². The largest absolute Gasteiger partial charge is 0.467 e. The van der Waals surface area contributed by atoms with E-state index in [4.69, 9.17) is 10.2 Å². The predicted octanol–water partition coefficient (Wildman–Crippen LogP) is 2.59. The molecule has 0 aliphatic carbocycles. The highest BCUT2D eigenvalue weighted by molar-refractivity contribution is 5.94. The van der Waals surface area contributed by atoms with Crippen LogP contribution in [-0.2, 0) is 6.54 Å². The van der Waals surface area contributed by atoms with Gasteiger partial charge in [-0.25, -0.2) is 4.79 Å². The fourth-order valence-corrected chi connectivity index (χ4v) is 2.83. The Bertz CT molecular complexity index is 727. The number of anilines is 1. The Morgan fingerprint density at radius 3 is 2.50 bits per heavy atom. The van der Waals surface area contributed by atoms with E-state index in [-0.39, 0.29) is 36.9 Å². The van der Waals surface area contributed by atoms with E-state index in [1.807, 2.05) is 30.3 Å². The van der Waals surface area contributed by atoms with Gasteiger partial charge in [0.25, 0.3) is 5.91 Å². The first kappa shape index (κ1) is 19.8. The van der Waals surface area contributed by atoms with E-state index in [0.717, 1.165) is 18.5 Å². The lowest BCUT2D eigenvalue weighted by Gasteiger charge is -2.32. The van der Waals surface area contributed by atoms with Gasteiger partial charge in [-0.15, -0.1) is 12.4 Å². The van der Waals surface area contributed by atoms with E-state index in [1.165, 1.54) is 6.26 Å². The molecule has 1 aromatic carbocycles. The van der Waals surface area contributed by atoms with Gasteiger partial charge < -0.3 is 25.7 Å². The molecule has 3 amide bonds. The molecule has 2 aromatic rings. The Morgan fingerprint density at radius 2 is 1.88 bits per heavy atom. The van der Waals surface area contributed by atoms with Gasteiger partial charge in [-0.05, 0) is 31.0 Å². The molecule has 0 unspecified atom stereocenters. The number of nitrogens with two attached hydrogens (primary N) is 1. The van der Waals surface area contributed by atoms with E-state index < -0.39 is 0 Å². The molecule has 0 saturated carbocycles. The Morgan fingerprint density at radius 1 is 1.19 bits per heavy atom. The lowest BCUT2D eigenvalue weighted by atomic mass is 10.0. The van der Waals surface area contributed by atoms with Crippen LogP contribution in [0.25, 0.3) is 0 Å². The summed E-state index contributed by atoms with van der Waals surface area (Å²) in [5, 5.41) is 5.86. The third-order valence-electron chi connectivity index (χ3n) is 4.26. The van der Waals surface area contributed by atoms with E-state index in [0.29, 0.717) is 24.4 Å². The molecule has 2 heterocycles. The molecule has 0 radical (unpaired) electrons. The molecule has 3 rings (SSSR count). The Hall–Kier alpha value is -2.51. The van der Waals surface area contributed by atoms with Gasteiger partial charge in [-0.2, -0.15) is 0 Å². The van der Waals surface area contributed by atoms with Crippen LogP contribution in [0.3, 0.4) is 0 Å². The normalized spacial score (nSPS) is 14.4. The minimum atomic E-state index is -0.171. The molecule has 0 bridgehead atoms. The number of likely N-dealkylation sites (tertiary alicyclic amines) is 1. The second-order valence-corrected chi connectivity index (χ2v) is 6.04. The maximum Gasteiger partial charge on any atom is 0.321 e. The van der Waals surface area contributed by atoms with Gasteiger partial charge in [0, 0.05) is 24.8 Å². The van der Waals surface area contributed by atoms with Crippen LogP contribution >= 0.6 is 12.4 Å². The van der Waals surface area contributed by atoms with Crippen molar-refractivity contribution < 1.29 is 14.0 Å². The van der Waals surface area contributed by atoms with Crippen molar-refractivity contribution in [3.63, 3.8) is 0 Å². The number of amides is 3. The maximum atomic E-state index is 12.3. The second-order valence-electron chi connectivity index (χ2n) is 6.04. The first-order valence-electron chi connectivity index (χ1n) is 8.35. The van der Waals surface area contributed by atoms with Gasteiger partial charge in [0.1, 0.15) is 12.0 Å². The van der Waals surface area contributed by atoms with Crippen LogP contribution < -0.4 is 16.4 Å². The zero-order chi connectivity index (χ0) is 17.6. The van der Waals surface area contributed by atoms with Crippen LogP contribution in [0.5, 0.6) is 0 Å². The molecular formula is C18H23ClN4O3. The number of nitrogens with one attached hydrogen (secondary N) is 2. The number of hydrogen-bond acceptors (Lipinski definition) is 4.